The van der Waals surface area contributed by atoms with E-state index in [1.165, 1.54) is 0 Å². The van der Waals surface area contributed by atoms with Gasteiger partial charge in [0.25, 0.3) is 5.91 Å². The third-order valence-corrected chi connectivity index (χ3v) is 10.2. The van der Waals surface area contributed by atoms with Gasteiger partial charge in [-0.15, -0.1) is 0 Å². The number of halogens is 2. The topological polar surface area (TPSA) is 111 Å². The molecule has 0 bridgehead atoms. The fourth-order valence-electron chi connectivity index (χ4n) is 7.68. The minimum atomic E-state index is -0.849. The van der Waals surface area contributed by atoms with E-state index in [2.05, 4.69) is 20.0 Å². The minimum Gasteiger partial charge on any atom is -0.461 e. The summed E-state index contributed by atoms with van der Waals surface area (Å²) in [4.78, 5) is 30.1. The molecule has 3 atom stereocenters. The Kier molecular flexibility index (Phi) is 6.35. The van der Waals surface area contributed by atoms with Crippen molar-refractivity contribution in [3.63, 3.8) is 0 Å². The van der Waals surface area contributed by atoms with Gasteiger partial charge in [-0.2, -0.15) is 15.1 Å². The predicted octanol–water partition coefficient (Wildman–Crippen LogP) is 4.35. The fraction of sp³-hybridized carbons (Fsp3) is 0.600. The summed E-state index contributed by atoms with van der Waals surface area (Å²) in [6.45, 7) is 3.16. The van der Waals surface area contributed by atoms with E-state index in [0.717, 1.165) is 60.8 Å². The number of benzene rings is 1. The Labute approximate surface area is 248 Å². The highest BCUT2D eigenvalue weighted by atomic mass is 35.5. The van der Waals surface area contributed by atoms with Crippen molar-refractivity contribution < 1.29 is 19.0 Å². The summed E-state index contributed by atoms with van der Waals surface area (Å²) in [5.41, 5.74) is 3.31. The van der Waals surface area contributed by atoms with Crippen molar-refractivity contribution in [2.75, 3.05) is 42.6 Å². The highest BCUT2D eigenvalue weighted by molar-refractivity contribution is 6.33. The van der Waals surface area contributed by atoms with E-state index in [-0.39, 0.29) is 30.1 Å². The monoisotopic (exact) mass is 595 g/mol. The smallest absolute Gasteiger partial charge is 0.318 e. The molecule has 1 aromatic carbocycles. The van der Waals surface area contributed by atoms with Crippen LogP contribution in [0.1, 0.15) is 78.9 Å². The second-order valence-electron chi connectivity index (χ2n) is 12.7. The Morgan fingerprint density at radius 3 is 2.90 bits per heavy atom. The van der Waals surface area contributed by atoms with Gasteiger partial charge in [-0.3, -0.25) is 14.8 Å². The second-order valence-corrected chi connectivity index (χ2v) is 13.1. The van der Waals surface area contributed by atoms with Crippen LogP contribution in [0.25, 0.3) is 10.9 Å². The number of anilines is 2. The lowest BCUT2D eigenvalue weighted by Crippen LogP contribution is -2.43. The lowest BCUT2D eigenvalue weighted by molar-refractivity contribution is 0.0996. The Morgan fingerprint density at radius 2 is 2.05 bits per heavy atom. The quantitative estimate of drug-likeness (QED) is 0.433. The van der Waals surface area contributed by atoms with Gasteiger partial charge in [0.15, 0.2) is 0 Å². The summed E-state index contributed by atoms with van der Waals surface area (Å²) in [5.74, 6) is 0.685. The molecule has 2 aromatic heterocycles. The van der Waals surface area contributed by atoms with Crippen molar-refractivity contribution >= 4 is 39.9 Å². The molecule has 10 nitrogen and oxygen atoms in total. The number of rotatable bonds is 6. The van der Waals surface area contributed by atoms with E-state index >= 15 is 0 Å². The predicted molar refractivity (Wildman–Crippen MR) is 156 cm³/mol. The zero-order valence-corrected chi connectivity index (χ0v) is 24.2. The molecule has 2 N–H and O–H groups in total. The van der Waals surface area contributed by atoms with Crippen LogP contribution in [-0.4, -0.2) is 86.7 Å². The van der Waals surface area contributed by atoms with Crippen LogP contribution in [0.15, 0.2) is 12.3 Å². The van der Waals surface area contributed by atoms with Crippen molar-refractivity contribution in [1.29, 1.82) is 0 Å². The van der Waals surface area contributed by atoms with Gasteiger partial charge < -0.3 is 19.6 Å². The van der Waals surface area contributed by atoms with Crippen molar-refractivity contribution in [2.45, 2.75) is 81.6 Å². The lowest BCUT2D eigenvalue weighted by Gasteiger charge is -2.31. The molecule has 222 valence electrons. The summed E-state index contributed by atoms with van der Waals surface area (Å²) in [5, 5.41) is 19.1. The van der Waals surface area contributed by atoms with Crippen LogP contribution in [0.4, 0.5) is 15.9 Å². The number of aliphatic hydroxyl groups is 1. The number of fused-ring (bicyclic) bond motifs is 3. The minimum absolute atomic E-state index is 0.167. The van der Waals surface area contributed by atoms with Gasteiger partial charge in [-0.05, 0) is 69.0 Å². The zero-order valence-electron chi connectivity index (χ0n) is 23.5. The first-order valence-corrected chi connectivity index (χ1v) is 15.6. The summed E-state index contributed by atoms with van der Waals surface area (Å²) >= 11 is 6.81. The van der Waals surface area contributed by atoms with Gasteiger partial charge in [0.05, 0.1) is 41.3 Å². The van der Waals surface area contributed by atoms with Crippen LogP contribution >= 0.6 is 11.6 Å². The van der Waals surface area contributed by atoms with Crippen molar-refractivity contribution in [1.82, 2.24) is 25.1 Å². The molecular weight excluding hydrogens is 561 g/mol. The van der Waals surface area contributed by atoms with Crippen LogP contribution in [0.2, 0.25) is 5.02 Å². The maximum absolute atomic E-state index is 14.4. The van der Waals surface area contributed by atoms with Crippen LogP contribution in [0.3, 0.4) is 0 Å². The normalized spacial score (nSPS) is 28.0. The van der Waals surface area contributed by atoms with E-state index in [1.807, 2.05) is 6.07 Å². The fourth-order valence-corrected chi connectivity index (χ4v) is 8.04. The number of alkyl halides is 1. The molecule has 4 fully saturated rings. The van der Waals surface area contributed by atoms with Crippen LogP contribution in [0.5, 0.6) is 6.01 Å². The first-order chi connectivity index (χ1) is 20.4. The molecule has 5 aliphatic rings. The van der Waals surface area contributed by atoms with Crippen LogP contribution in [0, 0.1) is 0 Å². The van der Waals surface area contributed by atoms with E-state index in [9.17, 15) is 14.3 Å². The molecule has 8 rings (SSSR count). The van der Waals surface area contributed by atoms with E-state index in [1.54, 1.807) is 11.1 Å². The molecule has 4 aliphatic heterocycles. The molecule has 1 saturated carbocycles. The van der Waals surface area contributed by atoms with E-state index in [4.69, 9.17) is 26.3 Å². The molecule has 42 heavy (non-hydrogen) atoms. The number of nitrogens with zero attached hydrogens (tertiary/aromatic N) is 6. The maximum atomic E-state index is 14.4. The van der Waals surface area contributed by atoms with Crippen molar-refractivity contribution in [2.24, 2.45) is 0 Å². The summed E-state index contributed by atoms with van der Waals surface area (Å²) < 4.78 is 20.7. The SMILES string of the molecule is O=C1c2c(nc(OC[C@@]34CCCN3C[C@H](F)C4)nc2N2CCC[C@@H](O)CC2)CN1c1c(C2CC2)c(Cl)cc2[nH]ncc12. The Morgan fingerprint density at radius 1 is 1.17 bits per heavy atom. The first-order valence-electron chi connectivity index (χ1n) is 15.2. The van der Waals surface area contributed by atoms with E-state index in [0.29, 0.717) is 73.5 Å². The summed E-state index contributed by atoms with van der Waals surface area (Å²) in [6, 6.07) is 2.11. The molecule has 0 unspecified atom stereocenters. The Bertz CT molecular complexity index is 1560. The molecule has 3 aromatic rings. The number of carbonyl (C=O) groups excluding carboxylic acids is 1. The highest BCUT2D eigenvalue weighted by Gasteiger charge is 2.49. The molecule has 0 spiro atoms. The molecule has 1 amide bonds. The molecule has 6 heterocycles. The molecular formula is C30H35ClFN7O3. The van der Waals surface area contributed by atoms with Gasteiger partial charge >= 0.3 is 6.01 Å². The maximum Gasteiger partial charge on any atom is 0.318 e. The van der Waals surface area contributed by atoms with Gasteiger partial charge in [0.2, 0.25) is 0 Å². The second kappa shape index (κ2) is 10.0. The number of aromatic amines is 1. The number of aliphatic hydroxyl groups excluding tert-OH is 1. The third kappa shape index (κ3) is 4.34. The standard InChI is InChI=1S/C30H35ClFN7O3/c31-21-11-22-20(13-33-36-22)26(24(21)17-4-5-17)39-15-23-25(28(39)41)27(37-8-1-3-19(40)6-10-37)35-29(34-23)42-16-30-7-2-9-38(30)14-18(32)12-30/h11,13,17-19,40H,1-10,12,14-16H2,(H,33,36)/t18-,19-,30+/m1/s1. The van der Waals surface area contributed by atoms with Gasteiger partial charge in [0.1, 0.15) is 24.2 Å². The lowest BCUT2D eigenvalue weighted by atomic mass is 9.95. The number of hydrogen-bond donors (Lipinski definition) is 2. The van der Waals surface area contributed by atoms with Crippen LogP contribution < -0.4 is 14.5 Å². The zero-order chi connectivity index (χ0) is 28.6. The Hall–Kier alpha value is -3.02. The molecule has 0 radical (unpaired) electrons. The number of ether oxygens (including phenoxy) is 1. The summed E-state index contributed by atoms with van der Waals surface area (Å²) in [6.07, 6.45) is 7.06. The molecule has 1 aliphatic carbocycles. The van der Waals surface area contributed by atoms with Gasteiger partial charge in [0, 0.05) is 36.5 Å². The van der Waals surface area contributed by atoms with Gasteiger partial charge in [-0.1, -0.05) is 11.6 Å². The van der Waals surface area contributed by atoms with Crippen LogP contribution in [-0.2, 0) is 6.54 Å². The average Bonchev–Trinajstić information content (AvgIpc) is 3.36. The summed E-state index contributed by atoms with van der Waals surface area (Å²) in [7, 11) is 0. The highest BCUT2D eigenvalue weighted by Crippen LogP contribution is 2.51. The molecule has 3 saturated heterocycles. The number of nitrogens with one attached hydrogen (secondary N) is 1. The number of aromatic nitrogens is 4. The third-order valence-electron chi connectivity index (χ3n) is 9.90. The van der Waals surface area contributed by atoms with Gasteiger partial charge in [-0.25, -0.2) is 4.39 Å². The number of hydrogen-bond acceptors (Lipinski definition) is 8. The average molecular weight is 596 g/mol. The number of amides is 1. The molecule has 12 heteroatoms. The van der Waals surface area contributed by atoms with E-state index < -0.39 is 6.17 Å². The van der Waals surface area contributed by atoms with Crippen molar-refractivity contribution in [3.05, 3.63) is 34.1 Å². The Balaban J connectivity index is 1.19. The number of carbonyl (C=O) groups is 1. The van der Waals surface area contributed by atoms with Crippen molar-refractivity contribution in [3.8, 4) is 6.01 Å². The largest absolute Gasteiger partial charge is 0.461 e. The first kappa shape index (κ1) is 26.6. The number of H-pyrrole nitrogens is 1.